The molecule has 1 aromatic heterocycles. The van der Waals surface area contributed by atoms with Gasteiger partial charge in [0.1, 0.15) is 0 Å². The van der Waals surface area contributed by atoms with Crippen LogP contribution in [0.4, 0.5) is 5.13 Å². The van der Waals surface area contributed by atoms with Gasteiger partial charge in [-0.25, -0.2) is 0 Å². The number of amides is 1. The van der Waals surface area contributed by atoms with Crippen LogP contribution in [0, 0.1) is 5.92 Å². The summed E-state index contributed by atoms with van der Waals surface area (Å²) in [4.78, 5) is 11.9. The highest BCUT2D eigenvalue weighted by Crippen LogP contribution is 2.17. The molecule has 0 spiro atoms. The van der Waals surface area contributed by atoms with E-state index in [0.29, 0.717) is 29.3 Å². The summed E-state index contributed by atoms with van der Waals surface area (Å²) in [6.45, 7) is 3.47. The van der Waals surface area contributed by atoms with Gasteiger partial charge in [0.05, 0.1) is 6.61 Å². The van der Waals surface area contributed by atoms with E-state index >= 15 is 0 Å². The van der Waals surface area contributed by atoms with E-state index in [1.807, 2.05) is 0 Å². The van der Waals surface area contributed by atoms with Gasteiger partial charge in [-0.3, -0.25) is 4.79 Å². The molecular weight excluding hydrogens is 240 g/mol. The number of rotatable bonds is 3. The quantitative estimate of drug-likeness (QED) is 0.834. The van der Waals surface area contributed by atoms with Crippen LogP contribution in [-0.4, -0.2) is 42.4 Å². The average Bonchev–Trinajstić information content (AvgIpc) is 2.81. The van der Waals surface area contributed by atoms with Gasteiger partial charge in [0.2, 0.25) is 10.1 Å². The van der Waals surface area contributed by atoms with Crippen molar-refractivity contribution >= 4 is 22.4 Å². The van der Waals surface area contributed by atoms with Gasteiger partial charge in [0, 0.05) is 19.7 Å². The molecule has 1 amide bonds. The molecule has 2 N–H and O–H groups in total. The Hall–Kier alpha value is -1.21. The Balaban J connectivity index is 1.96. The monoisotopic (exact) mass is 256 g/mol. The van der Waals surface area contributed by atoms with Crippen LogP contribution in [0.5, 0.6) is 0 Å². The fourth-order valence-corrected chi connectivity index (χ4v) is 2.34. The van der Waals surface area contributed by atoms with Crippen molar-refractivity contribution in [3.05, 3.63) is 5.01 Å². The number of carbonyl (C=O) groups is 1. The van der Waals surface area contributed by atoms with Crippen molar-refractivity contribution in [3.63, 3.8) is 0 Å². The van der Waals surface area contributed by atoms with Gasteiger partial charge in [0.15, 0.2) is 0 Å². The molecule has 0 aliphatic carbocycles. The van der Waals surface area contributed by atoms with Crippen molar-refractivity contribution in [1.82, 2.24) is 15.5 Å². The molecule has 1 aliphatic heterocycles. The Labute approximate surface area is 104 Å². The smallest absolute Gasteiger partial charge is 0.282 e. The molecule has 7 heteroatoms. The van der Waals surface area contributed by atoms with Crippen molar-refractivity contribution in [1.29, 1.82) is 0 Å². The number of nitrogens with zero attached hydrogens (tertiary/aromatic N) is 2. The third-order valence-corrected chi connectivity index (χ3v) is 3.73. The van der Waals surface area contributed by atoms with Crippen molar-refractivity contribution in [2.24, 2.45) is 5.92 Å². The topological polar surface area (TPSA) is 76.1 Å². The Morgan fingerprint density at radius 2 is 2.35 bits per heavy atom. The highest BCUT2D eigenvalue weighted by atomic mass is 32.1. The second-order valence-electron chi connectivity index (χ2n) is 4.08. The highest BCUT2D eigenvalue weighted by molar-refractivity contribution is 7.17. The molecule has 6 nitrogen and oxygen atoms in total. The third kappa shape index (κ3) is 2.92. The number of hydrogen-bond acceptors (Lipinski definition) is 6. The molecule has 2 rings (SSSR count). The summed E-state index contributed by atoms with van der Waals surface area (Å²) in [6.07, 6.45) is 0.852. The van der Waals surface area contributed by atoms with Crippen molar-refractivity contribution in [3.8, 4) is 0 Å². The first-order chi connectivity index (χ1) is 8.20. The van der Waals surface area contributed by atoms with E-state index in [1.165, 1.54) is 11.3 Å². The number of ether oxygens (including phenoxy) is 1. The highest BCUT2D eigenvalue weighted by Gasteiger charge is 2.25. The first-order valence-electron chi connectivity index (χ1n) is 5.60. The lowest BCUT2D eigenvalue weighted by molar-refractivity contribution is 0.0375. The fraction of sp³-hybridized carbons (Fsp3) is 0.700. The summed E-state index contributed by atoms with van der Waals surface area (Å²) in [5.74, 6) is 0.187. The Bertz CT molecular complexity index is 395. The van der Waals surface area contributed by atoms with Crippen LogP contribution in [0.3, 0.4) is 0 Å². The second kappa shape index (κ2) is 5.42. The van der Waals surface area contributed by atoms with E-state index in [-0.39, 0.29) is 11.9 Å². The van der Waals surface area contributed by atoms with Crippen LogP contribution >= 0.6 is 11.3 Å². The largest absolute Gasteiger partial charge is 0.381 e. The number of carbonyl (C=O) groups excluding carboxylic acids is 1. The maximum absolute atomic E-state index is 11.9. The zero-order valence-corrected chi connectivity index (χ0v) is 10.7. The molecule has 1 saturated heterocycles. The summed E-state index contributed by atoms with van der Waals surface area (Å²) in [7, 11) is 1.75. The van der Waals surface area contributed by atoms with Crippen LogP contribution in [0.1, 0.15) is 23.1 Å². The van der Waals surface area contributed by atoms with E-state index in [4.69, 9.17) is 4.74 Å². The van der Waals surface area contributed by atoms with E-state index in [1.54, 1.807) is 7.05 Å². The predicted molar refractivity (Wildman–Crippen MR) is 65.3 cm³/mol. The molecule has 0 aromatic carbocycles. The van der Waals surface area contributed by atoms with Gasteiger partial charge in [-0.1, -0.05) is 18.3 Å². The maximum atomic E-state index is 11.9. The van der Waals surface area contributed by atoms with E-state index < -0.39 is 0 Å². The zero-order valence-electron chi connectivity index (χ0n) is 9.90. The molecule has 1 aromatic rings. The lowest BCUT2D eigenvalue weighted by Gasteiger charge is -2.29. The SMILES string of the molecule is CNc1nnc(C(=O)NC2CCOCC2C)s1. The summed E-state index contributed by atoms with van der Waals surface area (Å²) in [5, 5.41) is 14.6. The molecule has 17 heavy (non-hydrogen) atoms. The lowest BCUT2D eigenvalue weighted by Crippen LogP contribution is -2.44. The Morgan fingerprint density at radius 1 is 1.53 bits per heavy atom. The fourth-order valence-electron chi connectivity index (χ4n) is 1.74. The first-order valence-corrected chi connectivity index (χ1v) is 6.42. The van der Waals surface area contributed by atoms with Gasteiger partial charge >= 0.3 is 0 Å². The second-order valence-corrected chi connectivity index (χ2v) is 5.06. The van der Waals surface area contributed by atoms with Crippen LogP contribution in [-0.2, 0) is 4.74 Å². The normalized spacial score (nSPS) is 24.4. The molecule has 94 valence electrons. The third-order valence-electron chi connectivity index (χ3n) is 2.79. The lowest BCUT2D eigenvalue weighted by atomic mass is 9.98. The van der Waals surface area contributed by atoms with Crippen molar-refractivity contribution in [2.45, 2.75) is 19.4 Å². The molecule has 0 saturated carbocycles. The number of nitrogens with one attached hydrogen (secondary N) is 2. The molecule has 0 bridgehead atoms. The summed E-state index contributed by atoms with van der Waals surface area (Å²) in [6, 6.07) is 0.165. The van der Waals surface area contributed by atoms with Crippen molar-refractivity contribution < 1.29 is 9.53 Å². The standard InChI is InChI=1S/C10H16N4O2S/c1-6-5-16-4-3-7(6)12-8(15)9-13-14-10(11-2)17-9/h6-7H,3-5H2,1-2H3,(H,11,14)(H,12,15). The van der Waals surface area contributed by atoms with Crippen LogP contribution < -0.4 is 10.6 Å². The van der Waals surface area contributed by atoms with Crippen LogP contribution in [0.15, 0.2) is 0 Å². The minimum absolute atomic E-state index is 0.150. The molecule has 2 atom stereocenters. The van der Waals surface area contributed by atoms with Crippen LogP contribution in [0.25, 0.3) is 0 Å². The molecule has 0 radical (unpaired) electrons. The maximum Gasteiger partial charge on any atom is 0.282 e. The number of anilines is 1. The van der Waals surface area contributed by atoms with Crippen LogP contribution in [0.2, 0.25) is 0 Å². The van der Waals surface area contributed by atoms with Gasteiger partial charge in [-0.2, -0.15) is 0 Å². The van der Waals surface area contributed by atoms with Gasteiger partial charge in [-0.05, 0) is 12.3 Å². The van der Waals surface area contributed by atoms with E-state index in [9.17, 15) is 4.79 Å². The summed E-state index contributed by atoms with van der Waals surface area (Å²) in [5.41, 5.74) is 0. The summed E-state index contributed by atoms with van der Waals surface area (Å²) < 4.78 is 5.33. The van der Waals surface area contributed by atoms with E-state index in [2.05, 4.69) is 27.8 Å². The molecular formula is C10H16N4O2S. The molecule has 2 unspecified atom stereocenters. The molecule has 2 heterocycles. The van der Waals surface area contributed by atoms with Crippen molar-refractivity contribution in [2.75, 3.05) is 25.6 Å². The van der Waals surface area contributed by atoms with Gasteiger partial charge in [0.25, 0.3) is 5.91 Å². The summed E-state index contributed by atoms with van der Waals surface area (Å²) >= 11 is 1.25. The molecule has 1 fully saturated rings. The minimum atomic E-state index is -0.150. The number of hydrogen-bond donors (Lipinski definition) is 2. The van der Waals surface area contributed by atoms with E-state index in [0.717, 1.165) is 6.42 Å². The van der Waals surface area contributed by atoms with Gasteiger partial charge in [-0.15, -0.1) is 10.2 Å². The molecule has 1 aliphatic rings. The first kappa shape index (κ1) is 12.3. The minimum Gasteiger partial charge on any atom is -0.381 e. The Kier molecular flexibility index (Phi) is 3.90. The predicted octanol–water partition coefficient (Wildman–Crippen LogP) is 0.735. The number of aromatic nitrogens is 2. The Morgan fingerprint density at radius 3 is 3.00 bits per heavy atom. The zero-order chi connectivity index (χ0) is 12.3. The van der Waals surface area contributed by atoms with Gasteiger partial charge < -0.3 is 15.4 Å². The average molecular weight is 256 g/mol.